The number of nitrogens with one attached hydrogen (secondary N) is 1. The fraction of sp³-hybridized carbons (Fsp3) is 0.462. The van der Waals surface area contributed by atoms with E-state index in [1.54, 1.807) is 12.1 Å². The van der Waals surface area contributed by atoms with E-state index in [9.17, 15) is 4.79 Å². The van der Waals surface area contributed by atoms with Crippen LogP contribution in [-0.2, 0) is 4.74 Å². The first kappa shape index (κ1) is 15.0. The molecule has 1 aromatic carbocycles. The molecule has 0 aliphatic heterocycles. The standard InChI is InChI=1S/C13H18BrNO3/c1-2-5-18-6-3-4-15-12-8-10(13(16)17)7-11(14)9-12/h7-9,15H,2-6H2,1H3,(H,16,17). The Morgan fingerprint density at radius 2 is 2.17 bits per heavy atom. The fourth-order valence-corrected chi connectivity index (χ4v) is 1.96. The number of carboxylic acids is 1. The highest BCUT2D eigenvalue weighted by Gasteiger charge is 2.05. The highest BCUT2D eigenvalue weighted by Crippen LogP contribution is 2.19. The van der Waals surface area contributed by atoms with Crippen LogP contribution in [-0.4, -0.2) is 30.8 Å². The van der Waals surface area contributed by atoms with Gasteiger partial charge in [-0.15, -0.1) is 0 Å². The van der Waals surface area contributed by atoms with Crippen molar-refractivity contribution in [3.05, 3.63) is 28.2 Å². The smallest absolute Gasteiger partial charge is 0.335 e. The van der Waals surface area contributed by atoms with Crippen molar-refractivity contribution >= 4 is 27.6 Å². The topological polar surface area (TPSA) is 58.6 Å². The van der Waals surface area contributed by atoms with E-state index in [4.69, 9.17) is 9.84 Å². The summed E-state index contributed by atoms with van der Waals surface area (Å²) in [6, 6.07) is 5.07. The average Bonchev–Trinajstić information content (AvgIpc) is 2.33. The minimum absolute atomic E-state index is 0.272. The van der Waals surface area contributed by atoms with E-state index < -0.39 is 5.97 Å². The normalized spacial score (nSPS) is 10.3. The van der Waals surface area contributed by atoms with Crippen LogP contribution < -0.4 is 5.32 Å². The third-order valence-electron chi connectivity index (χ3n) is 2.29. The monoisotopic (exact) mass is 315 g/mol. The number of rotatable bonds is 8. The van der Waals surface area contributed by atoms with Gasteiger partial charge in [0.2, 0.25) is 0 Å². The molecule has 0 amide bonds. The van der Waals surface area contributed by atoms with E-state index in [2.05, 4.69) is 28.2 Å². The van der Waals surface area contributed by atoms with E-state index in [1.165, 1.54) is 0 Å². The number of benzene rings is 1. The van der Waals surface area contributed by atoms with Gasteiger partial charge in [-0.05, 0) is 31.0 Å². The molecule has 2 N–H and O–H groups in total. The summed E-state index contributed by atoms with van der Waals surface area (Å²) in [4.78, 5) is 10.9. The first-order valence-electron chi connectivity index (χ1n) is 5.99. The summed E-state index contributed by atoms with van der Waals surface area (Å²) < 4.78 is 6.12. The van der Waals surface area contributed by atoms with Crippen LogP contribution in [0.5, 0.6) is 0 Å². The Kier molecular flexibility index (Phi) is 6.75. The lowest BCUT2D eigenvalue weighted by molar-refractivity contribution is 0.0697. The molecule has 0 spiro atoms. The first-order chi connectivity index (χ1) is 8.63. The van der Waals surface area contributed by atoms with Crippen molar-refractivity contribution in [1.29, 1.82) is 0 Å². The molecule has 100 valence electrons. The summed E-state index contributed by atoms with van der Waals surface area (Å²) in [5.74, 6) is -0.925. The second-order valence-electron chi connectivity index (χ2n) is 3.93. The van der Waals surface area contributed by atoms with Crippen LogP contribution in [0.25, 0.3) is 0 Å². The molecule has 5 heteroatoms. The lowest BCUT2D eigenvalue weighted by Gasteiger charge is -2.08. The maximum absolute atomic E-state index is 10.9. The molecule has 1 rings (SSSR count). The molecule has 0 unspecified atom stereocenters. The van der Waals surface area contributed by atoms with Gasteiger partial charge >= 0.3 is 5.97 Å². The molecule has 18 heavy (non-hydrogen) atoms. The first-order valence-corrected chi connectivity index (χ1v) is 6.78. The molecule has 1 aromatic rings. The minimum Gasteiger partial charge on any atom is -0.478 e. The van der Waals surface area contributed by atoms with E-state index in [0.717, 1.165) is 42.8 Å². The predicted octanol–water partition coefficient (Wildman–Crippen LogP) is 3.38. The van der Waals surface area contributed by atoms with Gasteiger partial charge in [0.1, 0.15) is 0 Å². The second-order valence-corrected chi connectivity index (χ2v) is 4.84. The summed E-state index contributed by atoms with van der Waals surface area (Å²) in [6.07, 6.45) is 1.93. The quantitative estimate of drug-likeness (QED) is 0.722. The maximum Gasteiger partial charge on any atom is 0.335 e. The molecule has 0 bridgehead atoms. The lowest BCUT2D eigenvalue weighted by Crippen LogP contribution is -2.07. The van der Waals surface area contributed by atoms with Gasteiger partial charge in [0.15, 0.2) is 0 Å². The third kappa shape index (κ3) is 5.51. The molecule has 4 nitrogen and oxygen atoms in total. The Morgan fingerprint density at radius 1 is 1.39 bits per heavy atom. The Labute approximate surface area is 115 Å². The molecule has 0 saturated heterocycles. The summed E-state index contributed by atoms with van der Waals surface area (Å²) in [5, 5.41) is 12.1. The van der Waals surface area contributed by atoms with Crippen LogP contribution >= 0.6 is 15.9 Å². The highest BCUT2D eigenvalue weighted by atomic mass is 79.9. The number of ether oxygens (including phenoxy) is 1. The molecule has 0 heterocycles. The van der Waals surface area contributed by atoms with Crippen LogP contribution in [0.4, 0.5) is 5.69 Å². The van der Waals surface area contributed by atoms with Crippen molar-refractivity contribution in [2.24, 2.45) is 0 Å². The van der Waals surface area contributed by atoms with Crippen molar-refractivity contribution in [2.45, 2.75) is 19.8 Å². The van der Waals surface area contributed by atoms with Gasteiger partial charge in [0, 0.05) is 29.9 Å². The van der Waals surface area contributed by atoms with Crippen molar-refractivity contribution in [2.75, 3.05) is 25.1 Å². The van der Waals surface area contributed by atoms with Crippen molar-refractivity contribution in [3.8, 4) is 0 Å². The Balaban J connectivity index is 2.40. The van der Waals surface area contributed by atoms with Crippen molar-refractivity contribution in [1.82, 2.24) is 0 Å². The number of hydrogen-bond donors (Lipinski definition) is 2. The molecule has 0 atom stereocenters. The average molecular weight is 316 g/mol. The number of anilines is 1. The van der Waals surface area contributed by atoms with E-state index in [-0.39, 0.29) is 5.56 Å². The van der Waals surface area contributed by atoms with Crippen molar-refractivity contribution in [3.63, 3.8) is 0 Å². The molecular weight excluding hydrogens is 298 g/mol. The van der Waals surface area contributed by atoms with Gasteiger partial charge in [0.25, 0.3) is 0 Å². The molecule has 0 fully saturated rings. The van der Waals surface area contributed by atoms with E-state index in [0.29, 0.717) is 0 Å². The summed E-state index contributed by atoms with van der Waals surface area (Å²) >= 11 is 3.30. The SMILES string of the molecule is CCCOCCCNc1cc(Br)cc(C(=O)O)c1. The molecular formula is C13H18BrNO3. The van der Waals surface area contributed by atoms with Gasteiger partial charge in [-0.25, -0.2) is 4.79 Å². The Hall–Kier alpha value is -1.07. The zero-order valence-electron chi connectivity index (χ0n) is 10.4. The number of hydrogen-bond acceptors (Lipinski definition) is 3. The maximum atomic E-state index is 10.9. The highest BCUT2D eigenvalue weighted by molar-refractivity contribution is 9.10. The van der Waals surface area contributed by atoms with Crippen LogP contribution in [0, 0.1) is 0 Å². The number of carbonyl (C=O) groups is 1. The number of carboxylic acid groups (broad SMARTS) is 1. The van der Waals surface area contributed by atoms with E-state index >= 15 is 0 Å². The van der Waals surface area contributed by atoms with Gasteiger partial charge in [-0.1, -0.05) is 22.9 Å². The predicted molar refractivity (Wildman–Crippen MR) is 75.3 cm³/mol. The fourth-order valence-electron chi connectivity index (χ4n) is 1.47. The molecule has 0 radical (unpaired) electrons. The van der Waals surface area contributed by atoms with Crippen LogP contribution in [0.15, 0.2) is 22.7 Å². The molecule has 0 aliphatic carbocycles. The zero-order valence-corrected chi connectivity index (χ0v) is 12.0. The van der Waals surface area contributed by atoms with E-state index in [1.807, 2.05) is 6.07 Å². The van der Waals surface area contributed by atoms with Crippen molar-refractivity contribution < 1.29 is 14.6 Å². The number of aromatic carboxylic acids is 1. The Bertz CT molecular complexity index is 396. The summed E-state index contributed by atoms with van der Waals surface area (Å²) in [6.45, 7) is 4.35. The molecule has 0 saturated carbocycles. The van der Waals surface area contributed by atoms with Gasteiger partial charge in [-0.3, -0.25) is 0 Å². The van der Waals surface area contributed by atoms with Gasteiger partial charge in [0.05, 0.1) is 5.56 Å². The summed E-state index contributed by atoms with van der Waals surface area (Å²) in [5.41, 5.74) is 1.08. The lowest BCUT2D eigenvalue weighted by atomic mass is 10.2. The zero-order chi connectivity index (χ0) is 13.4. The van der Waals surface area contributed by atoms with Crippen LogP contribution in [0.1, 0.15) is 30.1 Å². The molecule has 0 aromatic heterocycles. The molecule has 0 aliphatic rings. The van der Waals surface area contributed by atoms with Crippen LogP contribution in [0.2, 0.25) is 0 Å². The van der Waals surface area contributed by atoms with Crippen LogP contribution in [0.3, 0.4) is 0 Å². The Morgan fingerprint density at radius 3 is 2.83 bits per heavy atom. The second kappa shape index (κ2) is 8.11. The largest absolute Gasteiger partial charge is 0.478 e. The number of halogens is 1. The van der Waals surface area contributed by atoms with Gasteiger partial charge in [-0.2, -0.15) is 0 Å². The van der Waals surface area contributed by atoms with Gasteiger partial charge < -0.3 is 15.2 Å². The minimum atomic E-state index is -0.925. The summed E-state index contributed by atoms with van der Waals surface area (Å²) in [7, 11) is 0. The third-order valence-corrected chi connectivity index (χ3v) is 2.75.